The van der Waals surface area contributed by atoms with E-state index in [0.717, 1.165) is 0 Å². The lowest BCUT2D eigenvalue weighted by atomic mass is 9.90. The molecule has 0 bridgehead atoms. The van der Waals surface area contributed by atoms with Crippen molar-refractivity contribution in [3.8, 4) is 0 Å². The summed E-state index contributed by atoms with van der Waals surface area (Å²) in [5.74, 6) is -0.822. The second-order valence-corrected chi connectivity index (χ2v) is 7.43. The molecule has 0 aromatic carbocycles. The fourth-order valence-corrected chi connectivity index (χ4v) is 4.31. The van der Waals surface area contributed by atoms with Crippen LogP contribution in [0.3, 0.4) is 0 Å². The zero-order chi connectivity index (χ0) is 16.9. The molecule has 22 heavy (non-hydrogen) atoms. The van der Waals surface area contributed by atoms with E-state index in [4.69, 9.17) is 5.11 Å². The molecule has 0 saturated carbocycles. The van der Waals surface area contributed by atoms with Crippen LogP contribution in [0.25, 0.3) is 0 Å². The first kappa shape index (κ1) is 19.7. The molecule has 6 N–H and O–H groups in total. The van der Waals surface area contributed by atoms with E-state index in [1.54, 1.807) is 0 Å². The summed E-state index contributed by atoms with van der Waals surface area (Å²) in [7, 11) is 0. The molecule has 0 aliphatic carbocycles. The third-order valence-electron chi connectivity index (χ3n) is 4.05. The van der Waals surface area contributed by atoms with E-state index in [1.165, 1.54) is 11.8 Å². The van der Waals surface area contributed by atoms with Crippen LogP contribution in [0.2, 0.25) is 0 Å². The van der Waals surface area contributed by atoms with Crippen molar-refractivity contribution < 1.29 is 30.3 Å². The van der Waals surface area contributed by atoms with Crippen molar-refractivity contribution in [3.63, 3.8) is 0 Å². The van der Waals surface area contributed by atoms with Crippen LogP contribution in [0, 0.1) is 5.92 Å². The first-order valence-electron chi connectivity index (χ1n) is 7.53. The maximum absolute atomic E-state index is 10.5. The normalized spacial score (nSPS) is 35.1. The van der Waals surface area contributed by atoms with Crippen molar-refractivity contribution in [3.05, 3.63) is 0 Å². The van der Waals surface area contributed by atoms with Gasteiger partial charge in [-0.2, -0.15) is 0 Å². The number of thioether (sulfide) groups is 1. The number of nitrogens with one attached hydrogen (secondary N) is 1. The van der Waals surface area contributed by atoms with Crippen molar-refractivity contribution in [1.82, 2.24) is 5.32 Å². The van der Waals surface area contributed by atoms with E-state index < -0.39 is 29.5 Å². The molecular weight excluding hydrogens is 310 g/mol. The van der Waals surface area contributed by atoms with Crippen LogP contribution in [0.4, 0.5) is 0 Å². The van der Waals surface area contributed by atoms with Crippen LogP contribution >= 0.6 is 11.8 Å². The van der Waals surface area contributed by atoms with Gasteiger partial charge in [0.1, 0.15) is 6.10 Å². The van der Waals surface area contributed by atoms with Gasteiger partial charge in [0.25, 0.3) is 0 Å². The first-order chi connectivity index (χ1) is 10.3. The SMILES string of the molecule is CC(CC(C)[C@@H]1S[C@H](CO)[C@H](O)[C@H](O)[C@H]1O)NCCC(=O)O. The number of aliphatic hydroxyl groups excluding tert-OH is 4. The molecule has 1 heterocycles. The molecule has 1 saturated heterocycles. The average molecular weight is 337 g/mol. The Morgan fingerprint density at radius 1 is 1.18 bits per heavy atom. The van der Waals surface area contributed by atoms with Crippen LogP contribution in [0.15, 0.2) is 0 Å². The van der Waals surface area contributed by atoms with Crippen molar-refractivity contribution in [2.24, 2.45) is 5.92 Å². The number of aliphatic hydroxyl groups is 4. The monoisotopic (exact) mass is 337 g/mol. The van der Waals surface area contributed by atoms with E-state index in [-0.39, 0.29) is 30.2 Å². The lowest BCUT2D eigenvalue weighted by Crippen LogP contribution is -2.55. The van der Waals surface area contributed by atoms with Gasteiger partial charge in [0.2, 0.25) is 0 Å². The van der Waals surface area contributed by atoms with Gasteiger partial charge in [-0.05, 0) is 19.3 Å². The summed E-state index contributed by atoms with van der Waals surface area (Å²) in [6.07, 6.45) is -2.71. The molecule has 1 aliphatic heterocycles. The Balaban J connectivity index is 2.52. The fourth-order valence-electron chi connectivity index (χ4n) is 2.80. The standard InChI is InChI=1S/C14H27NO6S/c1-7(5-8(2)15-4-3-10(17)18)14-13(21)12(20)11(19)9(6-16)22-14/h7-9,11-16,19-21H,3-6H2,1-2H3,(H,17,18)/t7?,8?,9-,11+,12+,13-,14+/m1/s1. The fraction of sp³-hybridized carbons (Fsp3) is 0.929. The van der Waals surface area contributed by atoms with E-state index in [0.29, 0.717) is 13.0 Å². The number of aliphatic carboxylic acids is 1. The van der Waals surface area contributed by atoms with Crippen molar-refractivity contribution in [1.29, 1.82) is 0 Å². The highest BCUT2D eigenvalue weighted by atomic mass is 32.2. The van der Waals surface area contributed by atoms with Gasteiger partial charge in [0.05, 0.1) is 30.5 Å². The van der Waals surface area contributed by atoms with E-state index in [1.807, 2.05) is 13.8 Å². The highest BCUT2D eigenvalue weighted by Crippen LogP contribution is 2.38. The molecule has 0 spiro atoms. The Morgan fingerprint density at radius 2 is 1.82 bits per heavy atom. The van der Waals surface area contributed by atoms with Crippen molar-refractivity contribution >= 4 is 17.7 Å². The molecular formula is C14H27NO6S. The molecule has 130 valence electrons. The average Bonchev–Trinajstić information content (AvgIpc) is 2.44. The summed E-state index contributed by atoms with van der Waals surface area (Å²) < 4.78 is 0. The van der Waals surface area contributed by atoms with E-state index in [9.17, 15) is 25.2 Å². The summed E-state index contributed by atoms with van der Waals surface area (Å²) in [5, 5.41) is 50.0. The van der Waals surface area contributed by atoms with Gasteiger partial charge in [0, 0.05) is 17.8 Å². The topological polar surface area (TPSA) is 130 Å². The lowest BCUT2D eigenvalue weighted by molar-refractivity contribution is -0.136. The Morgan fingerprint density at radius 3 is 2.36 bits per heavy atom. The van der Waals surface area contributed by atoms with Crippen molar-refractivity contribution in [2.75, 3.05) is 13.2 Å². The minimum atomic E-state index is -1.26. The van der Waals surface area contributed by atoms with E-state index in [2.05, 4.69) is 5.32 Å². The smallest absolute Gasteiger partial charge is 0.304 e. The maximum atomic E-state index is 10.5. The summed E-state index contributed by atoms with van der Waals surface area (Å²) in [6, 6.07) is 0.0683. The van der Waals surface area contributed by atoms with Crippen LogP contribution in [0.1, 0.15) is 26.7 Å². The number of carboxylic acids is 1. The molecule has 1 fully saturated rings. The summed E-state index contributed by atoms with van der Waals surface area (Å²) in [4.78, 5) is 10.5. The lowest BCUT2D eigenvalue weighted by Gasteiger charge is -2.42. The zero-order valence-corrected chi connectivity index (χ0v) is 13.7. The highest BCUT2D eigenvalue weighted by molar-refractivity contribution is 8.00. The molecule has 2 unspecified atom stereocenters. The second-order valence-electron chi connectivity index (χ2n) is 6.01. The van der Waals surface area contributed by atoms with Gasteiger partial charge in [-0.25, -0.2) is 0 Å². The van der Waals surface area contributed by atoms with Gasteiger partial charge in [-0.1, -0.05) is 6.92 Å². The molecule has 7 atom stereocenters. The quantitative estimate of drug-likeness (QED) is 0.333. The molecule has 1 aliphatic rings. The van der Waals surface area contributed by atoms with Crippen LogP contribution in [-0.2, 0) is 4.79 Å². The predicted octanol–water partition coefficient (Wildman–Crippen LogP) is -0.976. The summed E-state index contributed by atoms with van der Waals surface area (Å²) in [5.41, 5.74) is 0. The Hall–Kier alpha value is -0.380. The van der Waals surface area contributed by atoms with Gasteiger partial charge in [-0.3, -0.25) is 4.79 Å². The molecule has 0 aromatic heterocycles. The van der Waals surface area contributed by atoms with Crippen LogP contribution in [0.5, 0.6) is 0 Å². The minimum Gasteiger partial charge on any atom is -0.481 e. The van der Waals surface area contributed by atoms with Gasteiger partial charge in [-0.15, -0.1) is 11.8 Å². The Labute approximate surface area is 134 Å². The number of hydrogen-bond donors (Lipinski definition) is 6. The molecule has 0 radical (unpaired) electrons. The highest BCUT2D eigenvalue weighted by Gasteiger charge is 2.44. The van der Waals surface area contributed by atoms with Gasteiger partial charge < -0.3 is 30.8 Å². The van der Waals surface area contributed by atoms with Crippen LogP contribution < -0.4 is 5.32 Å². The van der Waals surface area contributed by atoms with Crippen LogP contribution in [-0.4, -0.2) is 79.5 Å². The molecule has 0 amide bonds. The Bertz CT molecular complexity index is 356. The minimum absolute atomic E-state index is 0.0310. The van der Waals surface area contributed by atoms with Crippen molar-refractivity contribution in [2.45, 2.75) is 61.5 Å². The largest absolute Gasteiger partial charge is 0.481 e. The van der Waals surface area contributed by atoms with Gasteiger partial charge >= 0.3 is 5.97 Å². The summed E-state index contributed by atoms with van der Waals surface area (Å²) >= 11 is 1.30. The third-order valence-corrected chi connectivity index (χ3v) is 5.88. The van der Waals surface area contributed by atoms with E-state index >= 15 is 0 Å². The maximum Gasteiger partial charge on any atom is 0.304 e. The number of hydrogen-bond acceptors (Lipinski definition) is 7. The first-order valence-corrected chi connectivity index (χ1v) is 8.47. The number of carbonyl (C=O) groups is 1. The summed E-state index contributed by atoms with van der Waals surface area (Å²) in [6.45, 7) is 4.00. The predicted molar refractivity (Wildman–Crippen MR) is 83.8 cm³/mol. The molecule has 1 rings (SSSR count). The molecule has 7 nitrogen and oxygen atoms in total. The van der Waals surface area contributed by atoms with Gasteiger partial charge in [0.15, 0.2) is 0 Å². The molecule has 0 aromatic rings. The number of carboxylic acid groups (broad SMARTS) is 1. The third kappa shape index (κ3) is 5.36. The number of rotatable bonds is 8. The Kier molecular flexibility index (Phi) is 8.09. The second kappa shape index (κ2) is 9.05. The zero-order valence-electron chi connectivity index (χ0n) is 12.9. The molecule has 8 heteroatoms.